The Morgan fingerprint density at radius 3 is 1.83 bits per heavy atom. The predicted molar refractivity (Wildman–Crippen MR) is 29.9 cm³/mol. The van der Waals surface area contributed by atoms with Crippen LogP contribution in [-0.4, -0.2) is 23.5 Å². The minimum absolute atomic E-state index is 0.215. The number of thiol groups is 1. The highest BCUT2D eigenvalue weighted by atomic mass is 32.1. The summed E-state index contributed by atoms with van der Waals surface area (Å²) < 4.78 is 0. The number of hydrogen-bond acceptors (Lipinski definition) is 3. The molecule has 6 heavy (non-hydrogen) atoms. The molecule has 0 aliphatic heterocycles. The van der Waals surface area contributed by atoms with Crippen molar-refractivity contribution in [3.05, 3.63) is 0 Å². The topological polar surface area (TPSA) is 40.5 Å². The van der Waals surface area contributed by atoms with Crippen molar-refractivity contribution < 1.29 is 9.59 Å². The summed E-state index contributed by atoms with van der Waals surface area (Å²) >= 11 is 3.66. The molecular weight excluding hydrogens is 116 g/mol. The molecule has 0 aromatic carbocycles. The standard InChI is InChI=1S/C2H8O2SSi/c1-6(3,4)2-5/h3-5H,2H2,1H3. The Kier molecular flexibility index (Phi) is 2.13. The van der Waals surface area contributed by atoms with E-state index in [0.29, 0.717) is 0 Å². The molecule has 0 rings (SSSR count). The maximum atomic E-state index is 8.44. The van der Waals surface area contributed by atoms with E-state index in [2.05, 4.69) is 12.6 Å². The molecule has 0 aliphatic rings. The molecule has 0 bridgehead atoms. The molecule has 0 atom stereocenters. The lowest BCUT2D eigenvalue weighted by atomic mass is 11.9. The summed E-state index contributed by atoms with van der Waals surface area (Å²) in [6, 6.07) is 0. The van der Waals surface area contributed by atoms with Gasteiger partial charge in [-0.1, -0.05) is 0 Å². The zero-order valence-corrected chi connectivity index (χ0v) is 5.44. The molecule has 0 saturated heterocycles. The lowest BCUT2D eigenvalue weighted by Gasteiger charge is -2.04. The van der Waals surface area contributed by atoms with Gasteiger partial charge in [-0.3, -0.25) is 0 Å². The second kappa shape index (κ2) is 1.97. The van der Waals surface area contributed by atoms with E-state index in [-0.39, 0.29) is 5.38 Å². The molecule has 0 unspecified atom stereocenters. The summed E-state index contributed by atoms with van der Waals surface area (Å²) in [6.07, 6.45) is 0. The normalized spacial score (nSPS) is 12.0. The van der Waals surface area contributed by atoms with Gasteiger partial charge in [0.05, 0.1) is 0 Å². The zero-order valence-electron chi connectivity index (χ0n) is 3.55. The summed E-state index contributed by atoms with van der Waals surface area (Å²) in [5, 5.41) is 0.215. The second-order valence-electron chi connectivity index (χ2n) is 1.38. The van der Waals surface area contributed by atoms with Crippen molar-refractivity contribution >= 4 is 21.2 Å². The number of hydrogen-bond donors (Lipinski definition) is 3. The number of rotatable bonds is 1. The maximum absolute atomic E-state index is 8.44. The van der Waals surface area contributed by atoms with Crippen LogP contribution in [0, 0.1) is 0 Å². The second-order valence-corrected chi connectivity index (χ2v) is 5.07. The van der Waals surface area contributed by atoms with Crippen LogP contribution in [0.3, 0.4) is 0 Å². The summed E-state index contributed by atoms with van der Waals surface area (Å²) in [7, 11) is -2.77. The third kappa shape index (κ3) is 4.49. The highest BCUT2D eigenvalue weighted by Crippen LogP contribution is 1.90. The van der Waals surface area contributed by atoms with Gasteiger partial charge in [0.15, 0.2) is 0 Å². The Morgan fingerprint density at radius 1 is 1.67 bits per heavy atom. The van der Waals surface area contributed by atoms with Crippen LogP contribution in [0.2, 0.25) is 6.55 Å². The van der Waals surface area contributed by atoms with Crippen LogP contribution in [0.4, 0.5) is 0 Å². The van der Waals surface area contributed by atoms with Gasteiger partial charge in [-0.25, -0.2) is 0 Å². The molecule has 0 radical (unpaired) electrons. The minimum atomic E-state index is -2.77. The van der Waals surface area contributed by atoms with Crippen molar-refractivity contribution in [2.24, 2.45) is 0 Å². The van der Waals surface area contributed by atoms with E-state index < -0.39 is 8.56 Å². The van der Waals surface area contributed by atoms with Crippen molar-refractivity contribution in [2.45, 2.75) is 6.55 Å². The minimum Gasteiger partial charge on any atom is -0.410 e. The molecule has 38 valence electrons. The van der Waals surface area contributed by atoms with Gasteiger partial charge in [-0.05, 0) is 6.55 Å². The van der Waals surface area contributed by atoms with E-state index in [1.807, 2.05) is 0 Å². The molecule has 4 heteroatoms. The van der Waals surface area contributed by atoms with Crippen LogP contribution in [0.5, 0.6) is 0 Å². The molecule has 0 spiro atoms. The Hall–Kier alpha value is 0.487. The van der Waals surface area contributed by atoms with Gasteiger partial charge >= 0.3 is 8.56 Å². The first-order chi connectivity index (χ1) is 2.56. The van der Waals surface area contributed by atoms with Crippen molar-refractivity contribution in [2.75, 3.05) is 5.38 Å². The largest absolute Gasteiger partial charge is 0.410 e. The summed E-state index contributed by atoms with van der Waals surface area (Å²) in [5.74, 6) is 0. The Bertz CT molecular complexity index is 41.3. The van der Waals surface area contributed by atoms with Gasteiger partial charge in [0.2, 0.25) is 0 Å². The fourth-order valence-electron chi connectivity index (χ4n) is 0. The van der Waals surface area contributed by atoms with Gasteiger partial charge in [0.25, 0.3) is 0 Å². The van der Waals surface area contributed by atoms with Crippen molar-refractivity contribution in [3.8, 4) is 0 Å². The van der Waals surface area contributed by atoms with Crippen molar-refractivity contribution in [3.63, 3.8) is 0 Å². The quantitative estimate of drug-likeness (QED) is 0.326. The highest BCUT2D eigenvalue weighted by molar-refractivity contribution is 7.82. The fraction of sp³-hybridized carbons (Fsp3) is 1.00. The van der Waals surface area contributed by atoms with E-state index in [1.54, 1.807) is 0 Å². The van der Waals surface area contributed by atoms with Crippen LogP contribution in [0.25, 0.3) is 0 Å². The average Bonchev–Trinajstić information content (AvgIpc) is 1.35. The third-order valence-corrected chi connectivity index (χ3v) is 2.70. The maximum Gasteiger partial charge on any atom is 0.339 e. The summed E-state index contributed by atoms with van der Waals surface area (Å²) in [4.78, 5) is 16.9. The molecule has 0 fully saturated rings. The highest BCUT2D eigenvalue weighted by Gasteiger charge is 2.16. The first-order valence-corrected chi connectivity index (χ1v) is 4.85. The van der Waals surface area contributed by atoms with Gasteiger partial charge < -0.3 is 9.59 Å². The van der Waals surface area contributed by atoms with Crippen LogP contribution in [0.1, 0.15) is 0 Å². The zero-order chi connectivity index (χ0) is 5.21. The van der Waals surface area contributed by atoms with Crippen LogP contribution in [-0.2, 0) is 0 Å². The summed E-state index contributed by atoms with van der Waals surface area (Å²) in [6.45, 7) is 1.42. The average molecular weight is 124 g/mol. The molecule has 0 aromatic rings. The van der Waals surface area contributed by atoms with Gasteiger partial charge in [-0.15, -0.1) is 0 Å². The van der Waals surface area contributed by atoms with Gasteiger partial charge in [0.1, 0.15) is 0 Å². The summed E-state index contributed by atoms with van der Waals surface area (Å²) in [5.41, 5.74) is 0. The SMILES string of the molecule is C[Si](O)(O)CS. The predicted octanol–water partition coefficient (Wildman–Crippen LogP) is -0.488. The first-order valence-electron chi connectivity index (χ1n) is 1.62. The molecule has 0 amide bonds. The lowest BCUT2D eigenvalue weighted by molar-refractivity contribution is 0.380. The Morgan fingerprint density at radius 2 is 1.83 bits per heavy atom. The van der Waals surface area contributed by atoms with E-state index in [1.165, 1.54) is 6.55 Å². The van der Waals surface area contributed by atoms with Crippen LogP contribution < -0.4 is 0 Å². The van der Waals surface area contributed by atoms with Crippen LogP contribution >= 0.6 is 12.6 Å². The molecule has 0 heterocycles. The van der Waals surface area contributed by atoms with E-state index in [0.717, 1.165) is 0 Å². The molecule has 2 nitrogen and oxygen atoms in total. The van der Waals surface area contributed by atoms with E-state index in [9.17, 15) is 0 Å². The fourth-order valence-corrected chi connectivity index (χ4v) is 0. The van der Waals surface area contributed by atoms with E-state index in [4.69, 9.17) is 9.59 Å². The first kappa shape index (κ1) is 6.49. The van der Waals surface area contributed by atoms with Gasteiger partial charge in [-0.2, -0.15) is 12.6 Å². The Labute approximate surface area is 43.5 Å². The molecule has 0 saturated carbocycles. The molecule has 0 aromatic heterocycles. The van der Waals surface area contributed by atoms with E-state index >= 15 is 0 Å². The molecule has 0 aliphatic carbocycles. The monoisotopic (exact) mass is 124 g/mol. The van der Waals surface area contributed by atoms with Crippen LogP contribution in [0.15, 0.2) is 0 Å². The third-order valence-electron chi connectivity index (χ3n) is 0.300. The van der Waals surface area contributed by atoms with Crippen molar-refractivity contribution in [1.29, 1.82) is 0 Å². The molecule has 2 N–H and O–H groups in total. The molecular formula is C2H8O2SSi. The Balaban J connectivity index is 3.17. The lowest BCUT2D eigenvalue weighted by Crippen LogP contribution is -2.32. The van der Waals surface area contributed by atoms with Gasteiger partial charge in [0, 0.05) is 5.38 Å². The smallest absolute Gasteiger partial charge is 0.339 e. The van der Waals surface area contributed by atoms with Crippen molar-refractivity contribution in [1.82, 2.24) is 0 Å².